The van der Waals surface area contributed by atoms with E-state index in [-0.39, 0.29) is 29.2 Å². The zero-order valence-electron chi connectivity index (χ0n) is 18.7. The first kappa shape index (κ1) is 22.4. The Bertz CT molecular complexity index is 1110. The minimum Gasteiger partial charge on any atom is -0.438 e. The van der Waals surface area contributed by atoms with Gasteiger partial charge in [-0.05, 0) is 68.1 Å². The van der Waals surface area contributed by atoms with Crippen LogP contribution in [0.3, 0.4) is 0 Å². The summed E-state index contributed by atoms with van der Waals surface area (Å²) in [5.41, 5.74) is 6.54. The van der Waals surface area contributed by atoms with Crippen molar-refractivity contribution in [3.05, 3.63) is 65.7 Å². The molecule has 1 aromatic carbocycles. The number of carbonyl (C=O) groups is 1. The number of pyridine rings is 1. The highest BCUT2D eigenvalue weighted by atomic mass is 19.1. The average molecular weight is 451 g/mol. The summed E-state index contributed by atoms with van der Waals surface area (Å²) < 4.78 is 19.0. The molecule has 1 aliphatic rings. The lowest BCUT2D eigenvalue weighted by atomic mass is 9.84. The first-order valence-corrected chi connectivity index (χ1v) is 10.9. The van der Waals surface area contributed by atoms with Gasteiger partial charge in [-0.15, -0.1) is 0 Å². The number of rotatable bonds is 7. The van der Waals surface area contributed by atoms with Gasteiger partial charge in [0.2, 0.25) is 11.8 Å². The van der Waals surface area contributed by atoms with E-state index < -0.39 is 5.91 Å². The number of amides is 1. The van der Waals surface area contributed by atoms with Crippen LogP contribution >= 0.6 is 0 Å². The molecule has 0 atom stereocenters. The van der Waals surface area contributed by atoms with Gasteiger partial charge in [-0.3, -0.25) is 4.79 Å². The summed E-state index contributed by atoms with van der Waals surface area (Å²) >= 11 is 0. The van der Waals surface area contributed by atoms with Gasteiger partial charge in [0, 0.05) is 37.9 Å². The van der Waals surface area contributed by atoms with Crippen LogP contribution < -0.4 is 20.7 Å². The molecule has 1 fully saturated rings. The maximum Gasteiger partial charge on any atom is 0.254 e. The van der Waals surface area contributed by atoms with Crippen molar-refractivity contribution in [1.29, 1.82) is 0 Å². The third kappa shape index (κ3) is 5.54. The maximum absolute atomic E-state index is 13.2. The van der Waals surface area contributed by atoms with Gasteiger partial charge in [0.25, 0.3) is 5.91 Å². The fraction of sp³-hybridized carbons (Fsp3) is 0.333. The molecular weight excluding hydrogens is 423 g/mol. The number of nitrogens with two attached hydrogens (primary N) is 1. The fourth-order valence-corrected chi connectivity index (χ4v) is 3.95. The van der Waals surface area contributed by atoms with Crippen molar-refractivity contribution in [1.82, 2.24) is 15.0 Å². The second-order valence-corrected chi connectivity index (χ2v) is 8.33. The molecule has 1 aliphatic carbocycles. The van der Waals surface area contributed by atoms with Crippen LogP contribution in [0, 0.1) is 5.82 Å². The molecule has 0 bridgehead atoms. The van der Waals surface area contributed by atoms with E-state index in [1.54, 1.807) is 12.3 Å². The van der Waals surface area contributed by atoms with Gasteiger partial charge in [0.05, 0.1) is 0 Å². The lowest BCUT2D eigenvalue weighted by molar-refractivity contribution is 0.0997. The van der Waals surface area contributed by atoms with Crippen LogP contribution in [-0.2, 0) is 0 Å². The molecule has 3 N–H and O–H groups in total. The minimum atomic E-state index is -0.626. The van der Waals surface area contributed by atoms with Crippen LogP contribution in [0.1, 0.15) is 47.7 Å². The Balaban J connectivity index is 1.44. The predicted octanol–water partition coefficient (Wildman–Crippen LogP) is 4.11. The lowest BCUT2D eigenvalue weighted by Crippen LogP contribution is -2.27. The summed E-state index contributed by atoms with van der Waals surface area (Å²) in [7, 11) is 3.89. The molecule has 1 amide bonds. The van der Waals surface area contributed by atoms with Crippen molar-refractivity contribution in [2.75, 3.05) is 24.3 Å². The largest absolute Gasteiger partial charge is 0.438 e. The van der Waals surface area contributed by atoms with Crippen LogP contribution in [0.15, 0.2) is 48.7 Å². The highest BCUT2D eigenvalue weighted by Crippen LogP contribution is 2.35. The standard InChI is InChI=1S/C24H27FN6O2/c1-31(2)21-13-14-27-24(30-21)28-17-7-3-15(4-8-17)20-12-11-19(22(26)32)23(29-20)33-18-9-5-16(25)6-10-18/h5-6,9-15,17H,3-4,7-8H2,1-2H3,(H2,26,32)(H,27,28,30). The topological polar surface area (TPSA) is 106 Å². The number of halogens is 1. The van der Waals surface area contributed by atoms with Crippen LogP contribution in [0.2, 0.25) is 0 Å². The summed E-state index contributed by atoms with van der Waals surface area (Å²) in [5.74, 6) is 1.24. The van der Waals surface area contributed by atoms with Gasteiger partial charge in [-0.2, -0.15) is 4.98 Å². The van der Waals surface area contributed by atoms with E-state index in [2.05, 4.69) is 20.3 Å². The highest BCUT2D eigenvalue weighted by Gasteiger charge is 2.25. The van der Waals surface area contributed by atoms with E-state index in [1.165, 1.54) is 24.3 Å². The van der Waals surface area contributed by atoms with E-state index in [0.717, 1.165) is 37.2 Å². The van der Waals surface area contributed by atoms with Crippen molar-refractivity contribution in [3.63, 3.8) is 0 Å². The molecule has 3 aromatic rings. The number of anilines is 2. The van der Waals surface area contributed by atoms with Crippen LogP contribution in [0.5, 0.6) is 11.6 Å². The molecular formula is C24H27FN6O2. The average Bonchev–Trinajstić information content (AvgIpc) is 2.81. The van der Waals surface area contributed by atoms with E-state index in [4.69, 9.17) is 10.5 Å². The maximum atomic E-state index is 13.2. The Morgan fingerprint density at radius 3 is 2.45 bits per heavy atom. The summed E-state index contributed by atoms with van der Waals surface area (Å²) in [6, 6.07) is 11.2. The Labute approximate surface area is 192 Å². The van der Waals surface area contributed by atoms with Crippen molar-refractivity contribution in [3.8, 4) is 11.6 Å². The highest BCUT2D eigenvalue weighted by molar-refractivity contribution is 5.95. The number of hydrogen-bond acceptors (Lipinski definition) is 7. The smallest absolute Gasteiger partial charge is 0.254 e. The predicted molar refractivity (Wildman–Crippen MR) is 124 cm³/mol. The molecule has 2 aromatic heterocycles. The third-order valence-electron chi connectivity index (χ3n) is 5.75. The zero-order valence-corrected chi connectivity index (χ0v) is 18.7. The zero-order chi connectivity index (χ0) is 23.4. The quantitative estimate of drug-likeness (QED) is 0.558. The van der Waals surface area contributed by atoms with Gasteiger partial charge < -0.3 is 20.7 Å². The van der Waals surface area contributed by atoms with E-state index >= 15 is 0 Å². The SMILES string of the molecule is CN(C)c1ccnc(NC2CCC(c3ccc(C(N)=O)c(Oc4ccc(F)cc4)n3)CC2)n1. The molecule has 4 rings (SSSR count). The number of ether oxygens (including phenoxy) is 1. The number of nitrogens with one attached hydrogen (secondary N) is 1. The minimum absolute atomic E-state index is 0.140. The summed E-state index contributed by atoms with van der Waals surface area (Å²) in [5, 5.41) is 3.43. The summed E-state index contributed by atoms with van der Waals surface area (Å²) in [6.45, 7) is 0. The van der Waals surface area contributed by atoms with Crippen molar-refractivity contribution < 1.29 is 13.9 Å². The number of hydrogen-bond donors (Lipinski definition) is 2. The van der Waals surface area contributed by atoms with Gasteiger partial charge in [0.15, 0.2) is 0 Å². The van der Waals surface area contributed by atoms with Gasteiger partial charge in [-0.25, -0.2) is 14.4 Å². The Morgan fingerprint density at radius 1 is 1.06 bits per heavy atom. The van der Waals surface area contributed by atoms with Crippen LogP contribution in [0.4, 0.5) is 16.2 Å². The molecule has 2 heterocycles. The molecule has 1 saturated carbocycles. The molecule has 9 heteroatoms. The molecule has 0 unspecified atom stereocenters. The van der Waals surface area contributed by atoms with E-state index in [0.29, 0.717) is 11.7 Å². The Kier molecular flexibility index (Phi) is 6.67. The van der Waals surface area contributed by atoms with E-state index in [9.17, 15) is 9.18 Å². The first-order chi connectivity index (χ1) is 15.9. The van der Waals surface area contributed by atoms with Gasteiger partial charge in [0.1, 0.15) is 22.9 Å². The fourth-order valence-electron chi connectivity index (χ4n) is 3.95. The number of carbonyl (C=O) groups excluding carboxylic acids is 1. The second-order valence-electron chi connectivity index (χ2n) is 8.33. The Morgan fingerprint density at radius 2 is 1.79 bits per heavy atom. The molecule has 0 aliphatic heterocycles. The number of primary amides is 1. The normalized spacial score (nSPS) is 17.9. The lowest BCUT2D eigenvalue weighted by Gasteiger charge is -2.29. The van der Waals surface area contributed by atoms with Gasteiger partial charge in [-0.1, -0.05) is 0 Å². The van der Waals surface area contributed by atoms with E-state index in [1.807, 2.05) is 31.1 Å². The molecule has 8 nitrogen and oxygen atoms in total. The molecule has 0 saturated heterocycles. The second kappa shape index (κ2) is 9.81. The third-order valence-corrected chi connectivity index (χ3v) is 5.75. The summed E-state index contributed by atoms with van der Waals surface area (Å²) in [6.07, 6.45) is 5.47. The molecule has 0 spiro atoms. The van der Waals surface area contributed by atoms with Crippen molar-refractivity contribution in [2.45, 2.75) is 37.6 Å². The molecule has 172 valence electrons. The van der Waals surface area contributed by atoms with Gasteiger partial charge >= 0.3 is 0 Å². The van der Waals surface area contributed by atoms with Crippen LogP contribution in [0.25, 0.3) is 0 Å². The number of benzene rings is 1. The van der Waals surface area contributed by atoms with Crippen LogP contribution in [-0.4, -0.2) is 41.0 Å². The van der Waals surface area contributed by atoms with Crippen molar-refractivity contribution >= 4 is 17.7 Å². The monoisotopic (exact) mass is 450 g/mol. The number of aromatic nitrogens is 3. The number of nitrogens with zero attached hydrogens (tertiary/aromatic N) is 4. The molecule has 33 heavy (non-hydrogen) atoms. The Hall–Kier alpha value is -3.75. The summed E-state index contributed by atoms with van der Waals surface area (Å²) in [4.78, 5) is 27.3. The molecule has 0 radical (unpaired) electrons. The first-order valence-electron chi connectivity index (χ1n) is 10.9. The van der Waals surface area contributed by atoms with Crippen molar-refractivity contribution in [2.24, 2.45) is 5.73 Å².